The fourth-order valence-electron chi connectivity index (χ4n) is 1.90. The van der Waals surface area contributed by atoms with Gasteiger partial charge >= 0.3 is 5.69 Å². The van der Waals surface area contributed by atoms with Crippen molar-refractivity contribution in [2.75, 3.05) is 6.54 Å². The first-order chi connectivity index (χ1) is 10.3. The molecule has 1 unspecified atom stereocenters. The molecule has 2 aromatic rings. The van der Waals surface area contributed by atoms with Crippen LogP contribution < -0.4 is 5.32 Å². The lowest BCUT2D eigenvalue weighted by molar-refractivity contribution is -0.385. The molecule has 2 N–H and O–H groups in total. The van der Waals surface area contributed by atoms with Crippen molar-refractivity contribution in [3.8, 4) is 0 Å². The maximum Gasteiger partial charge on any atom is 0.300 e. The van der Waals surface area contributed by atoms with E-state index in [1.165, 1.54) is 29.5 Å². The predicted octanol–water partition coefficient (Wildman–Crippen LogP) is 2.95. The molecule has 0 saturated carbocycles. The number of rotatable bonds is 5. The van der Waals surface area contributed by atoms with Gasteiger partial charge in [-0.05, 0) is 30.5 Å². The average molecular weight is 341 g/mol. The first kappa shape index (κ1) is 16.4. The molecular formula is C14H13ClN2O4S. The van der Waals surface area contributed by atoms with Crippen LogP contribution >= 0.6 is 22.9 Å². The Labute approximate surface area is 135 Å². The Morgan fingerprint density at radius 1 is 1.45 bits per heavy atom. The molecule has 6 nitrogen and oxygen atoms in total. The first-order valence-corrected chi connectivity index (χ1v) is 7.56. The number of nitrogens with zero attached hydrogens (tertiary/aromatic N) is 1. The van der Waals surface area contributed by atoms with Gasteiger partial charge in [0.05, 0.1) is 11.5 Å². The van der Waals surface area contributed by atoms with Crippen LogP contribution in [0.15, 0.2) is 35.7 Å². The number of nitrogens with one attached hydrogen (secondary N) is 1. The molecule has 0 spiro atoms. The van der Waals surface area contributed by atoms with Crippen LogP contribution in [-0.4, -0.2) is 22.5 Å². The molecule has 0 bridgehead atoms. The molecule has 0 aliphatic heterocycles. The molecule has 1 amide bonds. The van der Waals surface area contributed by atoms with Gasteiger partial charge in [-0.3, -0.25) is 14.9 Å². The van der Waals surface area contributed by atoms with Crippen LogP contribution in [-0.2, 0) is 5.60 Å². The molecule has 1 atom stereocenters. The molecule has 0 saturated heterocycles. The van der Waals surface area contributed by atoms with Crippen molar-refractivity contribution < 1.29 is 14.8 Å². The van der Waals surface area contributed by atoms with Gasteiger partial charge in [-0.2, -0.15) is 0 Å². The summed E-state index contributed by atoms with van der Waals surface area (Å²) in [5.41, 5.74) is -1.84. The predicted molar refractivity (Wildman–Crippen MR) is 84.3 cm³/mol. The zero-order valence-corrected chi connectivity index (χ0v) is 13.1. The zero-order valence-electron chi connectivity index (χ0n) is 11.6. The SMILES string of the molecule is CC(O)(CNC(=O)c1cccc(Cl)c1[N+](=O)[O-])c1cccs1. The fraction of sp³-hybridized carbons (Fsp3) is 0.214. The van der Waals surface area contributed by atoms with E-state index in [2.05, 4.69) is 5.32 Å². The third-order valence-electron chi connectivity index (χ3n) is 3.06. The van der Waals surface area contributed by atoms with Gasteiger partial charge in [0.25, 0.3) is 5.91 Å². The van der Waals surface area contributed by atoms with Gasteiger partial charge in [0, 0.05) is 4.88 Å². The molecule has 0 aliphatic rings. The standard InChI is InChI=1S/C14H13ClN2O4S/c1-14(19,11-6-3-7-22-11)8-16-13(18)9-4-2-5-10(15)12(9)17(20)21/h2-7,19H,8H2,1H3,(H,16,18). The lowest BCUT2D eigenvalue weighted by atomic mass is 10.0. The van der Waals surface area contributed by atoms with E-state index in [1.807, 2.05) is 5.38 Å². The number of carbonyl (C=O) groups is 1. The van der Waals surface area contributed by atoms with E-state index in [0.717, 1.165) is 0 Å². The van der Waals surface area contributed by atoms with E-state index >= 15 is 0 Å². The van der Waals surface area contributed by atoms with Gasteiger partial charge in [0.1, 0.15) is 16.2 Å². The third-order valence-corrected chi connectivity index (χ3v) is 4.49. The Kier molecular flexibility index (Phi) is 4.80. The van der Waals surface area contributed by atoms with Crippen LogP contribution in [0.5, 0.6) is 0 Å². The summed E-state index contributed by atoms with van der Waals surface area (Å²) in [5, 5.41) is 25.6. The number of hydrogen-bond donors (Lipinski definition) is 2. The summed E-state index contributed by atoms with van der Waals surface area (Å²) in [6.45, 7) is 1.49. The Bertz CT molecular complexity index is 701. The van der Waals surface area contributed by atoms with Crippen molar-refractivity contribution in [2.24, 2.45) is 0 Å². The largest absolute Gasteiger partial charge is 0.383 e. The summed E-state index contributed by atoms with van der Waals surface area (Å²) in [6, 6.07) is 7.66. The number of benzene rings is 1. The van der Waals surface area contributed by atoms with E-state index < -0.39 is 22.1 Å². The van der Waals surface area contributed by atoms with Crippen molar-refractivity contribution >= 4 is 34.5 Å². The van der Waals surface area contributed by atoms with Crippen molar-refractivity contribution in [1.82, 2.24) is 5.32 Å². The molecular weight excluding hydrogens is 328 g/mol. The molecule has 0 aliphatic carbocycles. The molecule has 116 valence electrons. The van der Waals surface area contributed by atoms with Crippen molar-refractivity contribution in [1.29, 1.82) is 0 Å². The summed E-state index contributed by atoms with van der Waals surface area (Å²) in [5.74, 6) is -0.661. The normalized spacial score (nSPS) is 13.4. The Morgan fingerprint density at radius 3 is 2.77 bits per heavy atom. The van der Waals surface area contributed by atoms with Crippen LogP contribution in [0.25, 0.3) is 0 Å². The number of nitro benzene ring substituents is 1. The van der Waals surface area contributed by atoms with E-state index in [4.69, 9.17) is 11.6 Å². The van der Waals surface area contributed by atoms with E-state index in [9.17, 15) is 20.0 Å². The molecule has 1 aromatic carbocycles. The number of halogens is 1. The Morgan fingerprint density at radius 2 is 2.18 bits per heavy atom. The van der Waals surface area contributed by atoms with Gasteiger partial charge in [0.2, 0.25) is 0 Å². The second-order valence-electron chi connectivity index (χ2n) is 4.83. The average Bonchev–Trinajstić information content (AvgIpc) is 2.99. The smallest absolute Gasteiger partial charge is 0.300 e. The van der Waals surface area contributed by atoms with Gasteiger partial charge in [-0.1, -0.05) is 23.7 Å². The van der Waals surface area contributed by atoms with Gasteiger partial charge in [-0.25, -0.2) is 0 Å². The number of nitro groups is 1. The number of carbonyl (C=O) groups excluding carboxylic acids is 1. The second kappa shape index (κ2) is 6.43. The molecule has 8 heteroatoms. The van der Waals surface area contributed by atoms with E-state index in [-0.39, 0.29) is 17.1 Å². The highest BCUT2D eigenvalue weighted by molar-refractivity contribution is 7.10. The minimum absolute atomic E-state index is 0.0734. The molecule has 2 rings (SSSR count). The molecule has 0 radical (unpaired) electrons. The number of para-hydroxylation sites is 1. The van der Waals surface area contributed by atoms with Crippen molar-refractivity contribution in [3.63, 3.8) is 0 Å². The third kappa shape index (κ3) is 3.44. The second-order valence-corrected chi connectivity index (χ2v) is 6.18. The quantitative estimate of drug-likeness (QED) is 0.646. The molecule has 1 aromatic heterocycles. The van der Waals surface area contributed by atoms with Crippen LogP contribution in [0.2, 0.25) is 5.02 Å². The number of hydrogen-bond acceptors (Lipinski definition) is 5. The highest BCUT2D eigenvalue weighted by atomic mass is 35.5. The topological polar surface area (TPSA) is 92.5 Å². The van der Waals surface area contributed by atoms with Crippen LogP contribution in [0, 0.1) is 10.1 Å². The fourth-order valence-corrected chi connectivity index (χ4v) is 2.93. The lowest BCUT2D eigenvalue weighted by Gasteiger charge is -2.22. The van der Waals surface area contributed by atoms with E-state index in [1.54, 1.807) is 19.1 Å². The summed E-state index contributed by atoms with van der Waals surface area (Å²) in [6.07, 6.45) is 0. The lowest BCUT2D eigenvalue weighted by Crippen LogP contribution is -2.38. The Balaban J connectivity index is 2.17. The summed E-state index contributed by atoms with van der Waals surface area (Å²) >= 11 is 7.13. The minimum Gasteiger partial charge on any atom is -0.383 e. The van der Waals surface area contributed by atoms with Gasteiger partial charge in [0.15, 0.2) is 0 Å². The van der Waals surface area contributed by atoms with Gasteiger partial charge in [-0.15, -0.1) is 11.3 Å². The van der Waals surface area contributed by atoms with Crippen molar-refractivity contribution in [3.05, 3.63) is 61.3 Å². The summed E-state index contributed by atoms with van der Waals surface area (Å²) in [4.78, 5) is 23.2. The highest BCUT2D eigenvalue weighted by Gasteiger charge is 2.28. The maximum absolute atomic E-state index is 12.2. The van der Waals surface area contributed by atoms with Crippen molar-refractivity contribution in [2.45, 2.75) is 12.5 Å². The zero-order chi connectivity index (χ0) is 16.3. The number of thiophene rings is 1. The van der Waals surface area contributed by atoms with Crippen LogP contribution in [0.1, 0.15) is 22.2 Å². The maximum atomic E-state index is 12.2. The monoisotopic (exact) mass is 340 g/mol. The Hall–Kier alpha value is -1.96. The van der Waals surface area contributed by atoms with E-state index in [0.29, 0.717) is 4.88 Å². The highest BCUT2D eigenvalue weighted by Crippen LogP contribution is 2.29. The van der Waals surface area contributed by atoms with Crippen LogP contribution in [0.3, 0.4) is 0 Å². The molecule has 1 heterocycles. The van der Waals surface area contributed by atoms with Gasteiger partial charge < -0.3 is 10.4 Å². The molecule has 22 heavy (non-hydrogen) atoms. The van der Waals surface area contributed by atoms with Crippen LogP contribution in [0.4, 0.5) is 5.69 Å². The molecule has 0 fully saturated rings. The number of amides is 1. The first-order valence-electron chi connectivity index (χ1n) is 6.30. The summed E-state index contributed by atoms with van der Waals surface area (Å²) < 4.78 is 0. The number of aliphatic hydroxyl groups is 1. The minimum atomic E-state index is -1.25. The summed E-state index contributed by atoms with van der Waals surface area (Å²) in [7, 11) is 0.